The van der Waals surface area contributed by atoms with Crippen molar-refractivity contribution in [2.75, 3.05) is 31.6 Å². The SMILES string of the molecule is CCOC(=O)CSCc1cc(OCOC)c2nc(NC(=O)C(C)(C)C)ncc2c1. The molecule has 0 saturated heterocycles. The molecule has 0 fully saturated rings. The Balaban J connectivity index is 2.25. The number of anilines is 1. The van der Waals surface area contributed by atoms with Gasteiger partial charge in [-0.05, 0) is 24.6 Å². The van der Waals surface area contributed by atoms with Gasteiger partial charge in [-0.2, -0.15) is 0 Å². The molecule has 0 atom stereocenters. The highest BCUT2D eigenvalue weighted by molar-refractivity contribution is 7.99. The molecule has 1 aromatic carbocycles. The number of methoxy groups -OCH3 is 1. The van der Waals surface area contributed by atoms with Gasteiger partial charge in [-0.1, -0.05) is 20.8 Å². The van der Waals surface area contributed by atoms with Gasteiger partial charge in [-0.25, -0.2) is 9.97 Å². The van der Waals surface area contributed by atoms with Gasteiger partial charge >= 0.3 is 5.97 Å². The highest BCUT2D eigenvalue weighted by Crippen LogP contribution is 2.29. The fourth-order valence-electron chi connectivity index (χ4n) is 2.29. The normalized spacial score (nSPS) is 11.3. The van der Waals surface area contributed by atoms with Crippen LogP contribution in [0.3, 0.4) is 0 Å². The van der Waals surface area contributed by atoms with Crippen molar-refractivity contribution in [1.29, 1.82) is 0 Å². The summed E-state index contributed by atoms with van der Waals surface area (Å²) in [6, 6.07) is 3.78. The van der Waals surface area contributed by atoms with E-state index >= 15 is 0 Å². The number of ether oxygens (including phenoxy) is 3. The van der Waals surface area contributed by atoms with Crippen LogP contribution in [0.1, 0.15) is 33.3 Å². The van der Waals surface area contributed by atoms with Crippen LogP contribution in [0.2, 0.25) is 0 Å². The first kappa shape index (κ1) is 22.9. The van der Waals surface area contributed by atoms with E-state index in [1.807, 2.05) is 32.9 Å². The molecule has 9 heteroatoms. The number of benzene rings is 1. The maximum Gasteiger partial charge on any atom is 0.315 e. The van der Waals surface area contributed by atoms with E-state index in [1.54, 1.807) is 13.1 Å². The lowest BCUT2D eigenvalue weighted by Gasteiger charge is -2.17. The number of nitrogens with one attached hydrogen (secondary N) is 1. The Hall–Kier alpha value is -2.39. The summed E-state index contributed by atoms with van der Waals surface area (Å²) in [4.78, 5) is 32.4. The van der Waals surface area contributed by atoms with Crippen molar-refractivity contribution in [2.24, 2.45) is 5.41 Å². The van der Waals surface area contributed by atoms with Crippen molar-refractivity contribution < 1.29 is 23.8 Å². The van der Waals surface area contributed by atoms with Crippen LogP contribution in [0.15, 0.2) is 18.3 Å². The molecule has 0 unspecified atom stereocenters. The van der Waals surface area contributed by atoms with E-state index in [1.165, 1.54) is 18.9 Å². The average molecular weight is 422 g/mol. The zero-order chi connectivity index (χ0) is 21.4. The minimum atomic E-state index is -0.562. The monoisotopic (exact) mass is 421 g/mol. The van der Waals surface area contributed by atoms with Crippen LogP contribution in [-0.4, -0.2) is 48.1 Å². The zero-order valence-corrected chi connectivity index (χ0v) is 18.2. The maximum absolute atomic E-state index is 12.2. The third-order valence-electron chi connectivity index (χ3n) is 3.74. The number of esters is 1. The van der Waals surface area contributed by atoms with Crippen molar-refractivity contribution in [3.05, 3.63) is 23.9 Å². The van der Waals surface area contributed by atoms with E-state index in [0.717, 1.165) is 10.9 Å². The van der Waals surface area contributed by atoms with Crippen molar-refractivity contribution in [3.63, 3.8) is 0 Å². The van der Waals surface area contributed by atoms with E-state index < -0.39 is 5.41 Å². The molecule has 29 heavy (non-hydrogen) atoms. The summed E-state index contributed by atoms with van der Waals surface area (Å²) in [5.41, 5.74) is 0.960. The van der Waals surface area contributed by atoms with Crippen LogP contribution in [0, 0.1) is 5.41 Å². The number of hydrogen-bond acceptors (Lipinski definition) is 8. The van der Waals surface area contributed by atoms with E-state index in [4.69, 9.17) is 14.2 Å². The van der Waals surface area contributed by atoms with Gasteiger partial charge < -0.3 is 14.2 Å². The fraction of sp³-hybridized carbons (Fsp3) is 0.500. The number of fused-ring (bicyclic) bond motifs is 1. The molecule has 0 aliphatic heterocycles. The summed E-state index contributed by atoms with van der Waals surface area (Å²) >= 11 is 1.45. The van der Waals surface area contributed by atoms with Crippen LogP contribution in [0.25, 0.3) is 10.9 Å². The van der Waals surface area contributed by atoms with Crippen molar-refractivity contribution >= 4 is 40.5 Å². The second-order valence-electron chi connectivity index (χ2n) is 7.28. The summed E-state index contributed by atoms with van der Waals surface area (Å²) in [5, 5.41) is 3.49. The summed E-state index contributed by atoms with van der Waals surface area (Å²) in [6.07, 6.45) is 1.64. The topological polar surface area (TPSA) is 99.6 Å². The molecule has 0 aliphatic carbocycles. The second kappa shape index (κ2) is 10.4. The Bertz CT molecular complexity index is 867. The van der Waals surface area contributed by atoms with Gasteiger partial charge in [0.05, 0.1) is 12.4 Å². The fourth-order valence-corrected chi connectivity index (χ4v) is 3.05. The molecule has 1 N–H and O–H groups in total. The Labute approximate surface area is 174 Å². The molecule has 0 saturated carbocycles. The van der Waals surface area contributed by atoms with Gasteiger partial charge in [0.25, 0.3) is 0 Å². The first-order chi connectivity index (χ1) is 13.7. The number of amides is 1. The molecule has 2 rings (SSSR count). The molecule has 0 radical (unpaired) electrons. The number of hydrogen-bond donors (Lipinski definition) is 1. The van der Waals surface area contributed by atoms with E-state index in [9.17, 15) is 9.59 Å². The summed E-state index contributed by atoms with van der Waals surface area (Å²) in [6.45, 7) is 7.66. The number of carbonyl (C=O) groups is 2. The number of aromatic nitrogens is 2. The Morgan fingerprint density at radius 1 is 1.24 bits per heavy atom. The molecule has 1 aromatic heterocycles. The number of thioether (sulfide) groups is 1. The standard InChI is InChI=1S/C20H27N3O5S/c1-6-27-16(24)11-29-10-13-7-14-9-21-19(23-18(25)20(2,3)4)22-17(14)15(8-13)28-12-26-5/h7-9H,6,10-12H2,1-5H3,(H,21,22,23,25). The molecular formula is C20H27N3O5S. The molecule has 0 spiro atoms. The summed E-state index contributed by atoms with van der Waals surface area (Å²) in [5.74, 6) is 1.18. The van der Waals surface area contributed by atoms with Gasteiger partial charge in [0, 0.05) is 29.9 Å². The molecule has 1 amide bonds. The second-order valence-corrected chi connectivity index (χ2v) is 8.26. The summed E-state index contributed by atoms with van der Waals surface area (Å²) < 4.78 is 15.6. The lowest BCUT2D eigenvalue weighted by molar-refractivity contribution is -0.139. The lowest BCUT2D eigenvalue weighted by atomic mass is 9.96. The number of rotatable bonds is 9. The van der Waals surface area contributed by atoms with Gasteiger partial charge in [-0.3, -0.25) is 14.9 Å². The van der Waals surface area contributed by atoms with E-state index in [-0.39, 0.29) is 30.4 Å². The van der Waals surface area contributed by atoms with Crippen LogP contribution in [0.4, 0.5) is 5.95 Å². The first-order valence-corrected chi connectivity index (χ1v) is 10.4. The molecule has 158 valence electrons. The Kier molecular flexibility index (Phi) is 8.21. The largest absolute Gasteiger partial charge is 0.465 e. The van der Waals surface area contributed by atoms with Crippen molar-refractivity contribution in [3.8, 4) is 5.75 Å². The van der Waals surface area contributed by atoms with Crippen LogP contribution >= 0.6 is 11.8 Å². The van der Waals surface area contributed by atoms with E-state index in [2.05, 4.69) is 15.3 Å². The Morgan fingerprint density at radius 2 is 2.00 bits per heavy atom. The number of carbonyl (C=O) groups excluding carboxylic acids is 2. The maximum atomic E-state index is 12.2. The predicted molar refractivity (Wildman–Crippen MR) is 113 cm³/mol. The van der Waals surface area contributed by atoms with Gasteiger partial charge in [0.2, 0.25) is 11.9 Å². The quantitative estimate of drug-likeness (QED) is 0.486. The zero-order valence-electron chi connectivity index (χ0n) is 17.4. The number of nitrogens with zero attached hydrogens (tertiary/aromatic N) is 2. The lowest BCUT2D eigenvalue weighted by Crippen LogP contribution is -2.28. The third kappa shape index (κ3) is 6.86. The van der Waals surface area contributed by atoms with Gasteiger partial charge in [-0.15, -0.1) is 11.8 Å². The molecular weight excluding hydrogens is 394 g/mol. The predicted octanol–water partition coefficient (Wildman–Crippen LogP) is 3.39. The van der Waals surface area contributed by atoms with Crippen LogP contribution < -0.4 is 10.1 Å². The Morgan fingerprint density at radius 3 is 2.66 bits per heavy atom. The third-order valence-corrected chi connectivity index (χ3v) is 4.72. The molecule has 2 aromatic rings. The highest BCUT2D eigenvalue weighted by Gasteiger charge is 2.22. The van der Waals surface area contributed by atoms with Crippen LogP contribution in [0.5, 0.6) is 5.75 Å². The molecule has 0 bridgehead atoms. The highest BCUT2D eigenvalue weighted by atomic mass is 32.2. The first-order valence-electron chi connectivity index (χ1n) is 9.20. The van der Waals surface area contributed by atoms with E-state index in [0.29, 0.717) is 23.6 Å². The van der Waals surface area contributed by atoms with Crippen molar-refractivity contribution in [1.82, 2.24) is 9.97 Å². The van der Waals surface area contributed by atoms with Crippen LogP contribution in [-0.2, 0) is 24.8 Å². The minimum Gasteiger partial charge on any atom is -0.465 e. The van der Waals surface area contributed by atoms with Gasteiger partial charge in [0.15, 0.2) is 6.79 Å². The summed E-state index contributed by atoms with van der Waals surface area (Å²) in [7, 11) is 1.53. The smallest absolute Gasteiger partial charge is 0.315 e. The van der Waals surface area contributed by atoms with Gasteiger partial charge in [0.1, 0.15) is 11.3 Å². The van der Waals surface area contributed by atoms with Crippen molar-refractivity contribution in [2.45, 2.75) is 33.4 Å². The molecule has 0 aliphatic rings. The molecule has 8 nitrogen and oxygen atoms in total. The average Bonchev–Trinajstić information content (AvgIpc) is 2.65. The molecule has 1 heterocycles. The minimum absolute atomic E-state index is 0.0577.